The summed E-state index contributed by atoms with van der Waals surface area (Å²) in [6.07, 6.45) is 4.29. The van der Waals surface area contributed by atoms with Gasteiger partial charge in [-0.05, 0) is 53.3 Å². The highest BCUT2D eigenvalue weighted by atomic mass is 35.5. The highest BCUT2D eigenvalue weighted by Gasteiger charge is 2.24. The van der Waals surface area contributed by atoms with E-state index in [9.17, 15) is 9.90 Å². The lowest BCUT2D eigenvalue weighted by Gasteiger charge is -2.10. The van der Waals surface area contributed by atoms with Gasteiger partial charge in [0.25, 0.3) is 0 Å². The van der Waals surface area contributed by atoms with Crippen LogP contribution in [0.2, 0.25) is 5.02 Å². The highest BCUT2D eigenvalue weighted by Crippen LogP contribution is 2.42. The van der Waals surface area contributed by atoms with Gasteiger partial charge in [-0.2, -0.15) is 0 Å². The van der Waals surface area contributed by atoms with Crippen LogP contribution in [0.25, 0.3) is 22.0 Å². The van der Waals surface area contributed by atoms with Crippen LogP contribution in [0, 0.1) is 0 Å². The van der Waals surface area contributed by atoms with E-state index in [-0.39, 0.29) is 5.56 Å². The number of carboxylic acids is 1. The molecule has 0 amide bonds. The second kappa shape index (κ2) is 5.36. The number of carboxylic acid groups (broad SMARTS) is 1. The minimum Gasteiger partial charge on any atom is -0.478 e. The summed E-state index contributed by atoms with van der Waals surface area (Å²) in [5.41, 5.74) is 3.00. The van der Waals surface area contributed by atoms with Gasteiger partial charge in [0.1, 0.15) is 0 Å². The normalized spacial score (nSPS) is 14.1. The van der Waals surface area contributed by atoms with E-state index in [0.29, 0.717) is 16.6 Å². The van der Waals surface area contributed by atoms with E-state index in [4.69, 9.17) is 11.6 Å². The quantitative estimate of drug-likeness (QED) is 0.726. The molecule has 1 fully saturated rings. The van der Waals surface area contributed by atoms with Crippen molar-refractivity contribution in [2.75, 3.05) is 0 Å². The van der Waals surface area contributed by atoms with Crippen LogP contribution in [-0.2, 0) is 0 Å². The van der Waals surface area contributed by atoms with Gasteiger partial charge in [-0.25, -0.2) is 4.79 Å². The zero-order valence-corrected chi connectivity index (χ0v) is 13.0. The molecule has 0 radical (unpaired) electrons. The third-order valence-electron chi connectivity index (χ3n) is 4.30. The lowest BCUT2D eigenvalue weighted by molar-refractivity contribution is 0.0697. The number of hydrogen-bond acceptors (Lipinski definition) is 2. The minimum absolute atomic E-state index is 0.260. The predicted molar refractivity (Wildman–Crippen MR) is 91.1 cm³/mol. The van der Waals surface area contributed by atoms with Crippen LogP contribution >= 0.6 is 11.6 Å². The van der Waals surface area contributed by atoms with Crippen LogP contribution in [-0.4, -0.2) is 16.1 Å². The maximum Gasteiger partial charge on any atom is 0.335 e. The van der Waals surface area contributed by atoms with E-state index >= 15 is 0 Å². The minimum atomic E-state index is -0.940. The number of hydrogen-bond donors (Lipinski definition) is 1. The topological polar surface area (TPSA) is 50.2 Å². The molecule has 0 saturated heterocycles. The second-order valence-corrected chi connectivity index (χ2v) is 6.33. The number of carbonyl (C=O) groups is 1. The molecule has 1 aromatic heterocycles. The number of fused-ring (bicyclic) bond motifs is 1. The lowest BCUT2D eigenvalue weighted by atomic mass is 9.99. The first kappa shape index (κ1) is 14.2. The van der Waals surface area contributed by atoms with Crippen molar-refractivity contribution in [2.45, 2.75) is 18.8 Å². The van der Waals surface area contributed by atoms with Gasteiger partial charge in [0.2, 0.25) is 0 Å². The Morgan fingerprint density at radius 2 is 2.00 bits per heavy atom. The Kier molecular flexibility index (Phi) is 3.31. The monoisotopic (exact) mass is 323 g/mol. The summed E-state index contributed by atoms with van der Waals surface area (Å²) in [4.78, 5) is 15.8. The van der Waals surface area contributed by atoms with E-state index in [1.165, 1.54) is 18.4 Å². The second-order valence-electron chi connectivity index (χ2n) is 5.92. The molecule has 0 aliphatic heterocycles. The number of halogens is 1. The molecule has 1 heterocycles. The van der Waals surface area contributed by atoms with Crippen molar-refractivity contribution in [3.63, 3.8) is 0 Å². The number of nitrogens with zero attached hydrogens (tertiary/aromatic N) is 1. The molecule has 3 aromatic rings. The van der Waals surface area contributed by atoms with Gasteiger partial charge in [0.15, 0.2) is 0 Å². The van der Waals surface area contributed by atoms with Crippen molar-refractivity contribution >= 4 is 28.3 Å². The first-order valence-corrected chi connectivity index (χ1v) is 7.93. The van der Waals surface area contributed by atoms with Gasteiger partial charge >= 0.3 is 5.97 Å². The first-order chi connectivity index (χ1) is 11.1. The average Bonchev–Trinajstić information content (AvgIpc) is 3.39. The molecule has 1 aliphatic carbocycles. The largest absolute Gasteiger partial charge is 0.478 e. The van der Waals surface area contributed by atoms with E-state index in [2.05, 4.69) is 4.98 Å². The lowest BCUT2D eigenvalue weighted by Crippen LogP contribution is -1.96. The van der Waals surface area contributed by atoms with E-state index < -0.39 is 5.97 Å². The molecule has 4 rings (SSSR count). The van der Waals surface area contributed by atoms with Crippen LogP contribution in [0.4, 0.5) is 0 Å². The van der Waals surface area contributed by atoms with E-state index in [0.717, 1.165) is 16.3 Å². The van der Waals surface area contributed by atoms with Gasteiger partial charge in [-0.15, -0.1) is 0 Å². The molecule has 1 N–H and O–H groups in total. The van der Waals surface area contributed by atoms with Gasteiger partial charge in [0, 0.05) is 11.8 Å². The predicted octanol–water partition coefficient (Wildman–Crippen LogP) is 5.13. The summed E-state index contributed by atoms with van der Waals surface area (Å²) in [6.45, 7) is 0. The summed E-state index contributed by atoms with van der Waals surface area (Å²) in [5.74, 6) is -0.343. The smallest absolute Gasteiger partial charge is 0.335 e. The number of rotatable bonds is 3. The molecule has 0 atom stereocenters. The van der Waals surface area contributed by atoms with Crippen LogP contribution in [0.5, 0.6) is 0 Å². The fraction of sp³-hybridized carbons (Fsp3) is 0.158. The van der Waals surface area contributed by atoms with Crippen LogP contribution < -0.4 is 0 Å². The van der Waals surface area contributed by atoms with Crippen LogP contribution in [0.15, 0.2) is 48.7 Å². The zero-order valence-electron chi connectivity index (χ0n) is 12.3. The molecule has 23 heavy (non-hydrogen) atoms. The summed E-state index contributed by atoms with van der Waals surface area (Å²) in [5, 5.41) is 11.7. The van der Waals surface area contributed by atoms with Crippen molar-refractivity contribution in [2.24, 2.45) is 0 Å². The Morgan fingerprint density at radius 3 is 2.70 bits per heavy atom. The van der Waals surface area contributed by atoms with E-state index in [1.54, 1.807) is 12.1 Å². The maximum absolute atomic E-state index is 11.2. The number of pyridine rings is 1. The number of aromatic carboxylic acids is 1. The summed E-state index contributed by atoms with van der Waals surface area (Å²) in [6, 6.07) is 12.9. The Bertz CT molecular complexity index is 932. The van der Waals surface area contributed by atoms with Crippen molar-refractivity contribution < 1.29 is 9.90 Å². The summed E-state index contributed by atoms with van der Waals surface area (Å²) >= 11 is 6.46. The maximum atomic E-state index is 11.2. The van der Waals surface area contributed by atoms with Crippen molar-refractivity contribution in [3.8, 4) is 11.3 Å². The molecule has 0 spiro atoms. The SMILES string of the molecule is O=C(O)c1ccc2cccc(-c3ncc(C4CC4)cc3Cl)c2c1. The first-order valence-electron chi connectivity index (χ1n) is 7.55. The van der Waals surface area contributed by atoms with Gasteiger partial charge < -0.3 is 5.11 Å². The van der Waals surface area contributed by atoms with E-state index in [1.807, 2.05) is 36.5 Å². The zero-order chi connectivity index (χ0) is 16.0. The molecular formula is C19H14ClNO2. The van der Waals surface area contributed by atoms with Crippen LogP contribution in [0.1, 0.15) is 34.7 Å². The highest BCUT2D eigenvalue weighted by molar-refractivity contribution is 6.33. The standard InChI is InChI=1S/C19H14ClNO2/c20-17-9-14(11-4-5-11)10-21-18(17)15-3-1-2-12-6-7-13(19(22)23)8-16(12)15/h1-3,6-11H,4-5H2,(H,22,23). The van der Waals surface area contributed by atoms with Gasteiger partial charge in [0.05, 0.1) is 16.3 Å². The summed E-state index contributed by atoms with van der Waals surface area (Å²) < 4.78 is 0. The molecule has 1 aliphatic rings. The summed E-state index contributed by atoms with van der Waals surface area (Å²) in [7, 11) is 0. The van der Waals surface area contributed by atoms with Crippen LogP contribution in [0.3, 0.4) is 0 Å². The number of aromatic nitrogens is 1. The third-order valence-corrected chi connectivity index (χ3v) is 4.58. The van der Waals surface area contributed by atoms with Crippen molar-refractivity contribution in [3.05, 3.63) is 64.8 Å². The fourth-order valence-electron chi connectivity index (χ4n) is 2.90. The Hall–Kier alpha value is -2.39. The number of benzene rings is 2. The molecule has 3 nitrogen and oxygen atoms in total. The Labute approximate surface area is 138 Å². The molecule has 1 saturated carbocycles. The van der Waals surface area contributed by atoms with Gasteiger partial charge in [-0.1, -0.05) is 35.9 Å². The molecule has 4 heteroatoms. The third kappa shape index (κ3) is 2.57. The molecule has 0 bridgehead atoms. The molecule has 0 unspecified atom stereocenters. The van der Waals surface area contributed by atoms with Crippen molar-refractivity contribution in [1.29, 1.82) is 0 Å². The Balaban J connectivity index is 1.90. The molecule has 2 aromatic carbocycles. The molecule has 114 valence electrons. The Morgan fingerprint density at radius 1 is 1.17 bits per heavy atom. The average molecular weight is 324 g/mol. The van der Waals surface area contributed by atoms with Crippen molar-refractivity contribution in [1.82, 2.24) is 4.98 Å². The fourth-order valence-corrected chi connectivity index (χ4v) is 3.18. The van der Waals surface area contributed by atoms with Gasteiger partial charge in [-0.3, -0.25) is 4.98 Å². The molecular weight excluding hydrogens is 310 g/mol.